The normalized spacial score (nSPS) is 28.3. The van der Waals surface area contributed by atoms with Crippen molar-refractivity contribution in [3.8, 4) is 0 Å². The van der Waals surface area contributed by atoms with Gasteiger partial charge in [0.1, 0.15) is 5.52 Å². The molecule has 1 heterocycles. The zero-order valence-corrected chi connectivity index (χ0v) is 6.89. The molecule has 0 spiro atoms. The van der Waals surface area contributed by atoms with E-state index in [-0.39, 0.29) is 6.29 Å². The molecule has 2 nitrogen and oxygen atoms in total. The second-order valence-corrected chi connectivity index (χ2v) is 2.53. The van der Waals surface area contributed by atoms with Crippen molar-refractivity contribution in [1.82, 2.24) is 0 Å². The fourth-order valence-corrected chi connectivity index (χ4v) is 1.21. The molecule has 0 aromatic heterocycles. The Bertz CT molecular complexity index is 68.7. The van der Waals surface area contributed by atoms with E-state index in [4.69, 9.17) is 9.47 Å². The Balaban J connectivity index is 2.08. The molecule has 0 saturated carbocycles. The van der Waals surface area contributed by atoms with Crippen LogP contribution < -0.4 is 0 Å². The van der Waals surface area contributed by atoms with Gasteiger partial charge >= 0.3 is 0 Å². The first-order valence-corrected chi connectivity index (χ1v) is 4.35. The minimum Gasteiger partial charge on any atom is -0.353 e. The molecule has 1 fully saturated rings. The summed E-state index contributed by atoms with van der Waals surface area (Å²) in [5.74, 6) is 0. The van der Waals surface area contributed by atoms with E-state index < -0.39 is 0 Å². The van der Waals surface area contributed by atoms with Crippen LogP contribution in [0.4, 0.5) is 0 Å². The van der Waals surface area contributed by atoms with Gasteiger partial charge in [0.25, 0.3) is 0 Å². The summed E-state index contributed by atoms with van der Waals surface area (Å²) < 4.78 is 10.4. The molecule has 1 unspecified atom stereocenters. The first kappa shape index (κ1) is 7.51. The third kappa shape index (κ3) is 2.65. The van der Waals surface area contributed by atoms with Crippen LogP contribution in [0, 0.1) is 0 Å². The number of hydrogen-bond donors (Lipinski definition) is 0. The van der Waals surface area contributed by atoms with E-state index in [1.165, 1.54) is 12.8 Å². The van der Waals surface area contributed by atoms with E-state index in [2.05, 4.69) is 15.9 Å². The number of alkyl halides is 1. The zero-order chi connectivity index (χ0) is 6.53. The van der Waals surface area contributed by atoms with E-state index in [0.29, 0.717) is 5.52 Å². The van der Waals surface area contributed by atoms with Crippen molar-refractivity contribution in [2.45, 2.75) is 25.6 Å². The van der Waals surface area contributed by atoms with E-state index in [1.54, 1.807) is 0 Å². The van der Waals surface area contributed by atoms with Gasteiger partial charge in [-0.25, -0.2) is 0 Å². The third-order valence-corrected chi connectivity index (χ3v) is 1.65. The number of rotatable bonds is 2. The molecule has 0 aliphatic carbocycles. The molecule has 54 valence electrons. The summed E-state index contributed by atoms with van der Waals surface area (Å²) in [7, 11) is 0. The van der Waals surface area contributed by atoms with Gasteiger partial charge in [0.2, 0.25) is 0 Å². The van der Waals surface area contributed by atoms with Gasteiger partial charge in [-0.1, -0.05) is 15.9 Å². The summed E-state index contributed by atoms with van der Waals surface area (Å²) in [6.07, 6.45) is 3.52. The van der Waals surface area contributed by atoms with Crippen molar-refractivity contribution in [2.75, 3.05) is 12.1 Å². The highest BCUT2D eigenvalue weighted by atomic mass is 79.9. The quantitative estimate of drug-likeness (QED) is 0.626. The third-order valence-electron chi connectivity index (χ3n) is 1.39. The second kappa shape index (κ2) is 4.25. The van der Waals surface area contributed by atoms with Gasteiger partial charge < -0.3 is 9.47 Å². The summed E-state index contributed by atoms with van der Waals surface area (Å²) >= 11 is 3.18. The molecule has 0 aromatic carbocycles. The van der Waals surface area contributed by atoms with E-state index in [1.807, 2.05) is 0 Å². The highest BCUT2D eigenvalue weighted by Crippen LogP contribution is 2.13. The molecule has 9 heavy (non-hydrogen) atoms. The lowest BCUT2D eigenvalue weighted by Gasteiger charge is -2.21. The van der Waals surface area contributed by atoms with Crippen LogP contribution in [0.15, 0.2) is 0 Å². The lowest BCUT2D eigenvalue weighted by molar-refractivity contribution is -0.148. The van der Waals surface area contributed by atoms with Crippen molar-refractivity contribution in [3.05, 3.63) is 0 Å². The molecule has 1 saturated heterocycles. The topological polar surface area (TPSA) is 18.5 Å². The Morgan fingerprint density at radius 3 is 3.00 bits per heavy atom. The largest absolute Gasteiger partial charge is 0.353 e. The van der Waals surface area contributed by atoms with Gasteiger partial charge in [-0.2, -0.15) is 0 Å². The van der Waals surface area contributed by atoms with E-state index in [9.17, 15) is 0 Å². The SMILES string of the molecule is BrCOC1CCCCO1. The Kier molecular flexibility index (Phi) is 3.55. The zero-order valence-electron chi connectivity index (χ0n) is 5.31. The molecular weight excluding hydrogens is 184 g/mol. The van der Waals surface area contributed by atoms with Gasteiger partial charge in [-0.15, -0.1) is 0 Å². The Morgan fingerprint density at radius 1 is 1.56 bits per heavy atom. The predicted molar refractivity (Wildman–Crippen MR) is 38.5 cm³/mol. The van der Waals surface area contributed by atoms with E-state index >= 15 is 0 Å². The van der Waals surface area contributed by atoms with Crippen LogP contribution in [-0.4, -0.2) is 18.4 Å². The highest BCUT2D eigenvalue weighted by Gasteiger charge is 2.12. The number of hydrogen-bond acceptors (Lipinski definition) is 2. The summed E-state index contributed by atoms with van der Waals surface area (Å²) in [6.45, 7) is 0.859. The van der Waals surface area contributed by atoms with Crippen LogP contribution in [0.3, 0.4) is 0 Å². The van der Waals surface area contributed by atoms with Crippen molar-refractivity contribution >= 4 is 15.9 Å². The van der Waals surface area contributed by atoms with Gasteiger partial charge in [0, 0.05) is 6.61 Å². The molecule has 1 aliphatic rings. The Hall–Kier alpha value is 0.400. The molecule has 0 bridgehead atoms. The monoisotopic (exact) mass is 194 g/mol. The van der Waals surface area contributed by atoms with Crippen LogP contribution in [0.1, 0.15) is 19.3 Å². The highest BCUT2D eigenvalue weighted by molar-refractivity contribution is 9.09. The summed E-state index contributed by atoms with van der Waals surface area (Å²) in [5.41, 5.74) is 0.581. The Morgan fingerprint density at radius 2 is 2.44 bits per heavy atom. The molecule has 1 atom stereocenters. The molecule has 0 radical (unpaired) electrons. The van der Waals surface area contributed by atoms with Crippen LogP contribution in [0.25, 0.3) is 0 Å². The first-order valence-electron chi connectivity index (χ1n) is 3.22. The van der Waals surface area contributed by atoms with Gasteiger partial charge in [-0.05, 0) is 19.3 Å². The minimum absolute atomic E-state index is 0.0538. The maximum atomic E-state index is 5.27. The molecule has 0 amide bonds. The maximum Gasteiger partial charge on any atom is 0.158 e. The van der Waals surface area contributed by atoms with E-state index in [0.717, 1.165) is 13.0 Å². The summed E-state index contributed by atoms with van der Waals surface area (Å²) in [6, 6.07) is 0. The minimum atomic E-state index is 0.0538. The standard InChI is InChI=1S/C6H11BrO2/c7-5-9-6-3-1-2-4-8-6/h6H,1-5H2. The summed E-state index contributed by atoms with van der Waals surface area (Å²) in [4.78, 5) is 0. The lowest BCUT2D eigenvalue weighted by Crippen LogP contribution is -2.21. The van der Waals surface area contributed by atoms with Crippen molar-refractivity contribution in [3.63, 3.8) is 0 Å². The smallest absolute Gasteiger partial charge is 0.158 e. The average molecular weight is 195 g/mol. The fraction of sp³-hybridized carbons (Fsp3) is 1.00. The van der Waals surface area contributed by atoms with Crippen LogP contribution in [-0.2, 0) is 9.47 Å². The molecule has 0 aromatic rings. The van der Waals surface area contributed by atoms with Gasteiger partial charge in [-0.3, -0.25) is 0 Å². The Labute approximate surface area is 63.7 Å². The predicted octanol–water partition coefficient (Wildman–Crippen LogP) is 1.88. The molecule has 1 aliphatic heterocycles. The number of halogens is 1. The van der Waals surface area contributed by atoms with Crippen LogP contribution in [0.5, 0.6) is 0 Å². The fourth-order valence-electron chi connectivity index (χ4n) is 0.913. The first-order chi connectivity index (χ1) is 4.43. The van der Waals surface area contributed by atoms with Gasteiger partial charge in [0.15, 0.2) is 6.29 Å². The average Bonchev–Trinajstić information content (AvgIpc) is 1.91. The maximum absolute atomic E-state index is 5.27. The molecule has 0 N–H and O–H groups in total. The molecular formula is C6H11BrO2. The van der Waals surface area contributed by atoms with Crippen LogP contribution >= 0.6 is 15.9 Å². The number of ether oxygens (including phenoxy) is 2. The van der Waals surface area contributed by atoms with Gasteiger partial charge in [0.05, 0.1) is 0 Å². The lowest BCUT2D eigenvalue weighted by atomic mass is 10.2. The molecule has 3 heteroatoms. The summed E-state index contributed by atoms with van der Waals surface area (Å²) in [5, 5.41) is 0. The van der Waals surface area contributed by atoms with Crippen molar-refractivity contribution < 1.29 is 9.47 Å². The molecule has 1 rings (SSSR count). The van der Waals surface area contributed by atoms with Crippen molar-refractivity contribution in [1.29, 1.82) is 0 Å². The van der Waals surface area contributed by atoms with Crippen LogP contribution in [0.2, 0.25) is 0 Å². The van der Waals surface area contributed by atoms with Crippen molar-refractivity contribution in [2.24, 2.45) is 0 Å². The second-order valence-electron chi connectivity index (χ2n) is 2.07.